The number of nitrogens with one attached hydrogen (secondary N) is 1. The Bertz CT molecular complexity index is 579. The molecule has 1 N–H and O–H groups in total. The van der Waals surface area contributed by atoms with Crippen molar-refractivity contribution in [3.63, 3.8) is 0 Å². The van der Waals surface area contributed by atoms with Crippen LogP contribution < -0.4 is 10.2 Å². The summed E-state index contributed by atoms with van der Waals surface area (Å²) in [6.07, 6.45) is 2.62. The van der Waals surface area contributed by atoms with Gasteiger partial charge in [0.25, 0.3) is 5.91 Å². The molecule has 5 heteroatoms. The van der Waals surface area contributed by atoms with Gasteiger partial charge in [-0.05, 0) is 56.6 Å². The van der Waals surface area contributed by atoms with Crippen molar-refractivity contribution in [1.29, 1.82) is 0 Å². The van der Waals surface area contributed by atoms with Gasteiger partial charge in [0.05, 0.1) is 0 Å². The zero-order valence-corrected chi connectivity index (χ0v) is 15.3. The number of benzene rings is 1. The van der Waals surface area contributed by atoms with Crippen LogP contribution in [0.25, 0.3) is 0 Å². The standard InChI is InChI=1S/C19H29N3O2/c1-19(2,14-21(3)4)13-20-18(24)15-8-10-16(11-9-15)22-12-6-5-7-17(22)23/h8-11H,5-7,12-14H2,1-4H3,(H,20,24). The van der Waals surface area contributed by atoms with Gasteiger partial charge in [0.15, 0.2) is 0 Å². The molecule has 5 nitrogen and oxygen atoms in total. The van der Waals surface area contributed by atoms with Crippen LogP contribution in [0.5, 0.6) is 0 Å². The Morgan fingerprint density at radius 3 is 2.46 bits per heavy atom. The highest BCUT2D eigenvalue weighted by atomic mass is 16.2. The van der Waals surface area contributed by atoms with E-state index in [-0.39, 0.29) is 17.2 Å². The molecule has 0 atom stereocenters. The first-order valence-corrected chi connectivity index (χ1v) is 8.62. The van der Waals surface area contributed by atoms with E-state index in [0.29, 0.717) is 18.5 Å². The van der Waals surface area contributed by atoms with E-state index in [1.807, 2.05) is 31.1 Å². The minimum atomic E-state index is -0.0710. The molecule has 0 unspecified atom stereocenters. The molecule has 0 bridgehead atoms. The first-order valence-electron chi connectivity index (χ1n) is 8.62. The molecule has 1 saturated heterocycles. The Hall–Kier alpha value is -1.88. The van der Waals surface area contributed by atoms with Gasteiger partial charge in [-0.1, -0.05) is 13.8 Å². The molecule has 0 aromatic heterocycles. The van der Waals surface area contributed by atoms with Gasteiger partial charge >= 0.3 is 0 Å². The Morgan fingerprint density at radius 2 is 1.88 bits per heavy atom. The Kier molecular flexibility index (Phi) is 5.99. The molecular formula is C19H29N3O2. The number of hydrogen-bond acceptors (Lipinski definition) is 3. The maximum atomic E-state index is 12.3. The topological polar surface area (TPSA) is 52.7 Å². The van der Waals surface area contributed by atoms with Crippen molar-refractivity contribution in [3.05, 3.63) is 29.8 Å². The van der Waals surface area contributed by atoms with Crippen LogP contribution in [0, 0.1) is 5.41 Å². The maximum absolute atomic E-state index is 12.3. The molecule has 1 aromatic carbocycles. The lowest BCUT2D eigenvalue weighted by molar-refractivity contribution is -0.119. The maximum Gasteiger partial charge on any atom is 0.251 e. The first kappa shape index (κ1) is 18.5. The second-order valence-corrected chi connectivity index (χ2v) is 7.63. The molecule has 132 valence electrons. The summed E-state index contributed by atoms with van der Waals surface area (Å²) in [7, 11) is 4.06. The molecule has 0 saturated carbocycles. The van der Waals surface area contributed by atoms with Gasteiger partial charge in [0, 0.05) is 37.3 Å². The monoisotopic (exact) mass is 331 g/mol. The molecule has 0 radical (unpaired) electrons. The number of nitrogens with zero attached hydrogens (tertiary/aromatic N) is 2. The van der Waals surface area contributed by atoms with E-state index >= 15 is 0 Å². The van der Waals surface area contributed by atoms with Crippen molar-refractivity contribution >= 4 is 17.5 Å². The van der Waals surface area contributed by atoms with Crippen molar-refractivity contribution in [2.45, 2.75) is 33.1 Å². The van der Waals surface area contributed by atoms with Crippen LogP contribution in [-0.2, 0) is 4.79 Å². The molecule has 24 heavy (non-hydrogen) atoms. The smallest absolute Gasteiger partial charge is 0.251 e. The van der Waals surface area contributed by atoms with Crippen LogP contribution in [0.15, 0.2) is 24.3 Å². The third kappa shape index (κ3) is 5.06. The molecule has 1 aliphatic rings. The summed E-state index contributed by atoms with van der Waals surface area (Å²) < 4.78 is 0. The Morgan fingerprint density at radius 1 is 1.21 bits per heavy atom. The summed E-state index contributed by atoms with van der Waals surface area (Å²) >= 11 is 0. The third-order valence-corrected chi connectivity index (χ3v) is 4.24. The van der Waals surface area contributed by atoms with E-state index < -0.39 is 0 Å². The van der Waals surface area contributed by atoms with Crippen LogP contribution in [-0.4, -0.2) is 50.4 Å². The second kappa shape index (κ2) is 7.79. The number of amides is 2. The predicted molar refractivity (Wildman–Crippen MR) is 97.3 cm³/mol. The summed E-state index contributed by atoms with van der Waals surface area (Å²) in [5.74, 6) is 0.0993. The lowest BCUT2D eigenvalue weighted by Crippen LogP contribution is -2.40. The number of piperidine rings is 1. The number of hydrogen-bond donors (Lipinski definition) is 1. The molecule has 1 fully saturated rings. The van der Waals surface area contributed by atoms with Gasteiger partial charge in [-0.25, -0.2) is 0 Å². The van der Waals surface area contributed by atoms with E-state index in [4.69, 9.17) is 0 Å². The first-order chi connectivity index (χ1) is 11.3. The fourth-order valence-electron chi connectivity index (χ4n) is 3.21. The molecular weight excluding hydrogens is 302 g/mol. The van der Waals surface area contributed by atoms with Crippen molar-refractivity contribution in [2.75, 3.05) is 38.6 Å². The number of carbonyl (C=O) groups is 2. The SMILES string of the molecule is CN(C)CC(C)(C)CNC(=O)c1ccc(N2CCCCC2=O)cc1. The van der Waals surface area contributed by atoms with Crippen molar-refractivity contribution in [1.82, 2.24) is 10.2 Å². The van der Waals surface area contributed by atoms with Crippen LogP contribution in [0.4, 0.5) is 5.69 Å². The molecule has 0 aliphatic carbocycles. The van der Waals surface area contributed by atoms with Gasteiger partial charge in [-0.2, -0.15) is 0 Å². The summed E-state index contributed by atoms with van der Waals surface area (Å²) in [5, 5.41) is 3.01. The van der Waals surface area contributed by atoms with Gasteiger partial charge in [0.1, 0.15) is 0 Å². The van der Waals surface area contributed by atoms with E-state index in [2.05, 4.69) is 24.1 Å². The van der Waals surface area contributed by atoms with Crippen molar-refractivity contribution < 1.29 is 9.59 Å². The fraction of sp³-hybridized carbons (Fsp3) is 0.579. The molecule has 1 aliphatic heterocycles. The minimum absolute atomic E-state index is 0.0132. The number of anilines is 1. The van der Waals surface area contributed by atoms with Gasteiger partial charge in [0.2, 0.25) is 5.91 Å². The lowest BCUT2D eigenvalue weighted by atomic mass is 9.93. The third-order valence-electron chi connectivity index (χ3n) is 4.24. The van der Waals surface area contributed by atoms with Crippen molar-refractivity contribution in [2.24, 2.45) is 5.41 Å². The molecule has 0 spiro atoms. The van der Waals surface area contributed by atoms with Crippen LogP contribution in [0.2, 0.25) is 0 Å². The highest BCUT2D eigenvalue weighted by Gasteiger charge is 2.21. The lowest BCUT2D eigenvalue weighted by Gasteiger charge is -2.28. The second-order valence-electron chi connectivity index (χ2n) is 7.63. The minimum Gasteiger partial charge on any atom is -0.351 e. The molecule has 2 rings (SSSR count). The van der Waals surface area contributed by atoms with Gasteiger partial charge in [-0.15, -0.1) is 0 Å². The van der Waals surface area contributed by atoms with E-state index in [1.165, 1.54) is 0 Å². The summed E-state index contributed by atoms with van der Waals surface area (Å²) in [6.45, 7) is 6.57. The zero-order chi connectivity index (χ0) is 17.7. The van der Waals surface area contributed by atoms with E-state index in [1.54, 1.807) is 12.1 Å². The Labute approximate surface area is 145 Å². The number of carbonyl (C=O) groups excluding carboxylic acids is 2. The summed E-state index contributed by atoms with van der Waals surface area (Å²) in [5.41, 5.74) is 1.52. The summed E-state index contributed by atoms with van der Waals surface area (Å²) in [4.78, 5) is 28.2. The molecule has 2 amide bonds. The highest BCUT2D eigenvalue weighted by Crippen LogP contribution is 2.21. The van der Waals surface area contributed by atoms with Gasteiger partial charge < -0.3 is 15.1 Å². The van der Waals surface area contributed by atoms with E-state index in [0.717, 1.165) is 31.6 Å². The predicted octanol–water partition coefficient (Wildman–Crippen LogP) is 2.52. The highest BCUT2D eigenvalue weighted by molar-refractivity contribution is 5.96. The molecule has 1 aromatic rings. The van der Waals surface area contributed by atoms with Crippen molar-refractivity contribution in [3.8, 4) is 0 Å². The zero-order valence-electron chi connectivity index (χ0n) is 15.3. The summed E-state index contributed by atoms with van der Waals surface area (Å²) in [6, 6.07) is 7.32. The normalized spacial score (nSPS) is 15.7. The fourth-order valence-corrected chi connectivity index (χ4v) is 3.21. The van der Waals surface area contributed by atoms with E-state index in [9.17, 15) is 9.59 Å². The quantitative estimate of drug-likeness (QED) is 0.871. The molecule has 1 heterocycles. The largest absolute Gasteiger partial charge is 0.351 e. The Balaban J connectivity index is 1.95. The average Bonchev–Trinajstić information content (AvgIpc) is 2.52. The van der Waals surface area contributed by atoms with Crippen LogP contribution in [0.3, 0.4) is 0 Å². The van der Waals surface area contributed by atoms with Crippen LogP contribution in [0.1, 0.15) is 43.5 Å². The van der Waals surface area contributed by atoms with Gasteiger partial charge in [-0.3, -0.25) is 9.59 Å². The number of rotatable bonds is 6. The average molecular weight is 331 g/mol. The van der Waals surface area contributed by atoms with Crippen LogP contribution >= 0.6 is 0 Å².